The number of furan rings is 1. The molecule has 3 heterocycles. The van der Waals surface area contributed by atoms with Crippen LogP contribution >= 0.6 is 0 Å². The van der Waals surface area contributed by atoms with E-state index >= 15 is 0 Å². The Morgan fingerprint density at radius 1 is 0.444 bits per heavy atom. The van der Waals surface area contributed by atoms with Gasteiger partial charge in [0.1, 0.15) is 11.2 Å². The molecule has 0 saturated heterocycles. The molecule has 9 rings (SSSR count). The van der Waals surface area contributed by atoms with E-state index in [2.05, 4.69) is 103 Å². The molecular weight excluding hydrogens is 550 g/mol. The van der Waals surface area contributed by atoms with Crippen LogP contribution in [-0.2, 0) is 0 Å². The van der Waals surface area contributed by atoms with Gasteiger partial charge in [-0.1, -0.05) is 127 Å². The minimum atomic E-state index is 0.648. The molecule has 45 heavy (non-hydrogen) atoms. The van der Waals surface area contributed by atoms with E-state index in [-0.39, 0.29) is 0 Å². The summed E-state index contributed by atoms with van der Waals surface area (Å²) >= 11 is 0. The van der Waals surface area contributed by atoms with Gasteiger partial charge in [-0.05, 0) is 35.0 Å². The fourth-order valence-corrected chi connectivity index (χ4v) is 6.32. The summed E-state index contributed by atoms with van der Waals surface area (Å²) < 4.78 is 6.57. The van der Waals surface area contributed by atoms with Gasteiger partial charge in [0.15, 0.2) is 5.82 Å². The maximum absolute atomic E-state index is 6.57. The highest BCUT2D eigenvalue weighted by Gasteiger charge is 2.20. The van der Waals surface area contributed by atoms with Gasteiger partial charge in [0, 0.05) is 33.0 Å². The largest absolute Gasteiger partial charge is 0.455 e. The zero-order valence-electron chi connectivity index (χ0n) is 24.2. The molecule has 0 aliphatic carbocycles. The van der Waals surface area contributed by atoms with E-state index in [9.17, 15) is 0 Å². The van der Waals surface area contributed by atoms with Crippen LogP contribution in [0.3, 0.4) is 0 Å². The summed E-state index contributed by atoms with van der Waals surface area (Å²) in [6.07, 6.45) is 0. The highest BCUT2D eigenvalue weighted by molar-refractivity contribution is 6.21. The predicted molar refractivity (Wildman–Crippen MR) is 184 cm³/mol. The van der Waals surface area contributed by atoms with Crippen molar-refractivity contribution in [3.05, 3.63) is 152 Å². The molecule has 0 spiro atoms. The number of nitrogens with zero attached hydrogens (tertiary/aromatic N) is 3. The highest BCUT2D eigenvalue weighted by Crippen LogP contribution is 2.42. The second kappa shape index (κ2) is 10.2. The summed E-state index contributed by atoms with van der Waals surface area (Å²) in [4.78, 5) is 15.5. The topological polar surface area (TPSA) is 51.8 Å². The van der Waals surface area contributed by atoms with Crippen molar-refractivity contribution in [2.45, 2.75) is 0 Å². The first-order chi connectivity index (χ1) is 22.3. The van der Waals surface area contributed by atoms with Crippen molar-refractivity contribution >= 4 is 43.6 Å². The third-order valence-electron chi connectivity index (χ3n) is 8.48. The van der Waals surface area contributed by atoms with Crippen LogP contribution in [0.5, 0.6) is 0 Å². The number of hydrogen-bond donors (Lipinski definition) is 0. The van der Waals surface area contributed by atoms with Crippen LogP contribution in [0, 0.1) is 0 Å². The van der Waals surface area contributed by atoms with Crippen molar-refractivity contribution in [2.75, 3.05) is 0 Å². The molecule has 0 atom stereocenters. The molecule has 6 aromatic carbocycles. The summed E-state index contributed by atoms with van der Waals surface area (Å²) in [7, 11) is 0. The Bertz CT molecular complexity index is 2470. The van der Waals surface area contributed by atoms with Crippen molar-refractivity contribution < 1.29 is 4.42 Å². The molecule has 210 valence electrons. The number of hydrogen-bond acceptors (Lipinski definition) is 4. The first kappa shape index (κ1) is 25.4. The van der Waals surface area contributed by atoms with E-state index < -0.39 is 0 Å². The van der Waals surface area contributed by atoms with E-state index in [1.54, 1.807) is 0 Å². The number of rotatable bonds is 4. The summed E-state index contributed by atoms with van der Waals surface area (Å²) in [5.41, 5.74) is 9.21. The maximum Gasteiger partial charge on any atom is 0.160 e. The van der Waals surface area contributed by atoms with E-state index in [0.717, 1.165) is 77.6 Å². The Kier molecular flexibility index (Phi) is 5.78. The van der Waals surface area contributed by atoms with Crippen LogP contribution in [0.2, 0.25) is 0 Å². The SMILES string of the molecule is c1ccc(-c2cc(-c3ccccc3)nc(-c3ccc4c(c3)nc(-c3cccc5ccccc35)c3c5ccccc5oc43)n2)cc1. The Morgan fingerprint density at radius 3 is 1.84 bits per heavy atom. The average molecular weight is 576 g/mol. The van der Waals surface area contributed by atoms with Crippen molar-refractivity contribution in [1.29, 1.82) is 0 Å². The van der Waals surface area contributed by atoms with Gasteiger partial charge in [-0.25, -0.2) is 15.0 Å². The molecule has 0 saturated carbocycles. The van der Waals surface area contributed by atoms with Gasteiger partial charge in [-0.2, -0.15) is 0 Å². The van der Waals surface area contributed by atoms with Crippen molar-refractivity contribution in [3.8, 4) is 45.2 Å². The summed E-state index contributed by atoms with van der Waals surface area (Å²) in [5, 5.41) is 5.36. The molecule has 4 heteroatoms. The lowest BCUT2D eigenvalue weighted by molar-refractivity contribution is 0.672. The van der Waals surface area contributed by atoms with Crippen LogP contribution in [0.15, 0.2) is 156 Å². The van der Waals surface area contributed by atoms with Gasteiger partial charge in [-0.3, -0.25) is 0 Å². The molecule has 0 unspecified atom stereocenters. The number of para-hydroxylation sites is 1. The molecule has 0 aliphatic rings. The number of benzene rings is 6. The zero-order valence-corrected chi connectivity index (χ0v) is 24.2. The minimum Gasteiger partial charge on any atom is -0.455 e. The van der Waals surface area contributed by atoms with Crippen molar-refractivity contribution in [3.63, 3.8) is 0 Å². The lowest BCUT2D eigenvalue weighted by Gasteiger charge is -2.12. The molecule has 4 nitrogen and oxygen atoms in total. The summed E-state index contributed by atoms with van der Waals surface area (Å²) in [6.45, 7) is 0. The second-order valence-corrected chi connectivity index (χ2v) is 11.2. The molecule has 0 fully saturated rings. The second-order valence-electron chi connectivity index (χ2n) is 11.2. The quantitative estimate of drug-likeness (QED) is 0.209. The minimum absolute atomic E-state index is 0.648. The lowest BCUT2D eigenvalue weighted by Crippen LogP contribution is -1.96. The predicted octanol–water partition coefficient (Wildman–Crippen LogP) is 10.7. The molecule has 0 aliphatic heterocycles. The van der Waals surface area contributed by atoms with Gasteiger partial charge in [-0.15, -0.1) is 0 Å². The summed E-state index contributed by atoms with van der Waals surface area (Å²) in [5.74, 6) is 0.648. The first-order valence-corrected chi connectivity index (χ1v) is 15.0. The zero-order chi connectivity index (χ0) is 29.7. The van der Waals surface area contributed by atoms with Crippen LogP contribution in [0.4, 0.5) is 0 Å². The first-order valence-electron chi connectivity index (χ1n) is 15.0. The fourth-order valence-electron chi connectivity index (χ4n) is 6.32. The normalized spacial score (nSPS) is 11.6. The van der Waals surface area contributed by atoms with Gasteiger partial charge < -0.3 is 4.42 Å². The smallest absolute Gasteiger partial charge is 0.160 e. The van der Waals surface area contributed by atoms with E-state index in [4.69, 9.17) is 19.4 Å². The van der Waals surface area contributed by atoms with E-state index in [1.807, 2.05) is 48.5 Å². The standard InChI is InChI=1S/C41H25N3O/c1-3-13-27(14-4-1)34-25-35(28-15-5-2-6-16-28)44-41(43-34)29-22-23-32-36(24-29)42-39(31-20-11-17-26-12-7-8-18-30(26)31)38-33-19-9-10-21-37(33)45-40(32)38/h1-25H. The molecule has 0 bridgehead atoms. The van der Waals surface area contributed by atoms with Crippen LogP contribution in [0.1, 0.15) is 0 Å². The van der Waals surface area contributed by atoms with E-state index in [1.165, 1.54) is 5.39 Å². The Hall–Kier alpha value is -6.13. The van der Waals surface area contributed by atoms with Gasteiger partial charge in [0.2, 0.25) is 0 Å². The third-order valence-corrected chi connectivity index (χ3v) is 8.48. The van der Waals surface area contributed by atoms with Gasteiger partial charge >= 0.3 is 0 Å². The van der Waals surface area contributed by atoms with E-state index in [0.29, 0.717) is 5.82 Å². The fraction of sp³-hybridized carbons (Fsp3) is 0. The van der Waals surface area contributed by atoms with Crippen molar-refractivity contribution in [1.82, 2.24) is 15.0 Å². The van der Waals surface area contributed by atoms with Gasteiger partial charge in [0.25, 0.3) is 0 Å². The van der Waals surface area contributed by atoms with Crippen LogP contribution < -0.4 is 0 Å². The Balaban J connectivity index is 1.32. The third kappa shape index (κ3) is 4.27. The van der Waals surface area contributed by atoms with Crippen LogP contribution in [-0.4, -0.2) is 15.0 Å². The molecule has 0 radical (unpaired) electrons. The molecular formula is C41H25N3O. The molecule has 9 aromatic rings. The number of fused-ring (bicyclic) bond motifs is 6. The Labute approximate surface area is 259 Å². The van der Waals surface area contributed by atoms with Crippen LogP contribution in [0.25, 0.3) is 88.8 Å². The lowest BCUT2D eigenvalue weighted by atomic mass is 9.97. The Morgan fingerprint density at radius 2 is 1.09 bits per heavy atom. The summed E-state index contributed by atoms with van der Waals surface area (Å²) in [6, 6.07) is 51.9. The average Bonchev–Trinajstić information content (AvgIpc) is 3.51. The molecule has 0 amide bonds. The molecule has 0 N–H and O–H groups in total. The number of aromatic nitrogens is 3. The highest BCUT2D eigenvalue weighted by atomic mass is 16.3. The molecule has 3 aromatic heterocycles. The number of pyridine rings is 1. The van der Waals surface area contributed by atoms with Crippen molar-refractivity contribution in [2.24, 2.45) is 0 Å². The van der Waals surface area contributed by atoms with Gasteiger partial charge in [0.05, 0.1) is 28.0 Å². The monoisotopic (exact) mass is 575 g/mol. The maximum atomic E-state index is 6.57.